The number of aryl methyl sites for hydroxylation is 1. The zero-order valence-corrected chi connectivity index (χ0v) is 16.9. The van der Waals surface area contributed by atoms with Gasteiger partial charge in [-0.25, -0.2) is 0 Å². The first-order valence-corrected chi connectivity index (χ1v) is 10.2. The summed E-state index contributed by atoms with van der Waals surface area (Å²) in [7, 11) is 0. The van der Waals surface area contributed by atoms with Crippen molar-refractivity contribution in [2.45, 2.75) is 57.8 Å². The summed E-state index contributed by atoms with van der Waals surface area (Å²) in [6.07, 6.45) is 5.00. The topological polar surface area (TPSA) is 54.5 Å². The zero-order chi connectivity index (χ0) is 19.7. The molecule has 0 bridgehead atoms. The van der Waals surface area contributed by atoms with Crippen molar-refractivity contribution in [1.29, 1.82) is 0 Å². The lowest BCUT2D eigenvalue weighted by molar-refractivity contribution is -0.00522. The number of morpholine rings is 1. The van der Waals surface area contributed by atoms with Gasteiger partial charge >= 0.3 is 0 Å². The molecule has 2 aliphatic rings. The third-order valence-corrected chi connectivity index (χ3v) is 5.62. The number of hydrogen-bond acceptors (Lipinski definition) is 4. The molecule has 0 unspecified atom stereocenters. The number of ether oxygens (including phenoxy) is 1. The van der Waals surface area contributed by atoms with Crippen LogP contribution in [0.5, 0.6) is 0 Å². The minimum atomic E-state index is -0.120. The summed E-state index contributed by atoms with van der Waals surface area (Å²) in [4.78, 5) is 19.5. The van der Waals surface area contributed by atoms with Gasteiger partial charge in [0, 0.05) is 30.5 Å². The Labute approximate surface area is 167 Å². The fourth-order valence-corrected chi connectivity index (χ4v) is 4.14. The second-order valence-corrected chi connectivity index (χ2v) is 8.46. The summed E-state index contributed by atoms with van der Waals surface area (Å²) >= 11 is 0. The summed E-state index contributed by atoms with van der Waals surface area (Å²) in [6.45, 7) is 7.92. The second-order valence-electron chi connectivity index (χ2n) is 8.46. The number of amides is 1. The van der Waals surface area contributed by atoms with Crippen LogP contribution in [0.2, 0.25) is 0 Å². The molecular weight excluding hydrogens is 350 g/mol. The molecule has 2 fully saturated rings. The summed E-state index contributed by atoms with van der Waals surface area (Å²) in [5, 5.41) is 3.25. The number of pyridine rings is 1. The standard InChI is InChI=1S/C23H29N3O2/c1-16-5-4-6-19(11-16)13-23(8-9-23)25-22(27)21-12-20(7-10-24-21)26-14-17(2)28-18(3)15-26/h4-7,10-12,17-18H,8-9,13-15H2,1-3H3,(H,25,27)/t17-,18+. The van der Waals surface area contributed by atoms with Gasteiger partial charge in [0.25, 0.3) is 5.91 Å². The lowest BCUT2D eigenvalue weighted by Gasteiger charge is -2.36. The molecule has 0 radical (unpaired) electrons. The van der Waals surface area contributed by atoms with Gasteiger partial charge in [-0.1, -0.05) is 29.8 Å². The molecule has 1 aliphatic heterocycles. The van der Waals surface area contributed by atoms with Crippen LogP contribution in [-0.4, -0.2) is 41.7 Å². The third-order valence-electron chi connectivity index (χ3n) is 5.62. The van der Waals surface area contributed by atoms with Gasteiger partial charge in [0.05, 0.1) is 12.2 Å². The molecule has 1 saturated heterocycles. The van der Waals surface area contributed by atoms with E-state index in [-0.39, 0.29) is 23.7 Å². The molecule has 5 nitrogen and oxygen atoms in total. The average Bonchev–Trinajstić information content (AvgIpc) is 3.40. The molecule has 2 heterocycles. The summed E-state index contributed by atoms with van der Waals surface area (Å²) < 4.78 is 5.82. The van der Waals surface area contributed by atoms with E-state index in [2.05, 4.69) is 60.2 Å². The Morgan fingerprint density at radius 3 is 2.64 bits per heavy atom. The molecule has 1 aromatic carbocycles. The Bertz CT molecular complexity index is 852. The van der Waals surface area contributed by atoms with Gasteiger partial charge in [0.2, 0.25) is 0 Å². The Morgan fingerprint density at radius 1 is 1.21 bits per heavy atom. The van der Waals surface area contributed by atoms with Crippen molar-refractivity contribution in [1.82, 2.24) is 10.3 Å². The quantitative estimate of drug-likeness (QED) is 0.864. The van der Waals surface area contributed by atoms with Crippen LogP contribution in [-0.2, 0) is 11.2 Å². The smallest absolute Gasteiger partial charge is 0.270 e. The monoisotopic (exact) mass is 379 g/mol. The summed E-state index contributed by atoms with van der Waals surface area (Å²) in [5.74, 6) is -0.0821. The van der Waals surface area contributed by atoms with Gasteiger partial charge in [-0.3, -0.25) is 9.78 Å². The van der Waals surface area contributed by atoms with Crippen LogP contribution in [0.25, 0.3) is 0 Å². The SMILES string of the molecule is Cc1cccc(CC2(NC(=O)c3cc(N4C[C@@H](C)O[C@@H](C)C4)ccn3)CC2)c1. The number of nitrogens with one attached hydrogen (secondary N) is 1. The average molecular weight is 380 g/mol. The first-order chi connectivity index (χ1) is 13.4. The number of carbonyl (C=O) groups excluding carboxylic acids is 1. The van der Waals surface area contributed by atoms with Gasteiger partial charge in [-0.05, 0) is 57.7 Å². The highest BCUT2D eigenvalue weighted by molar-refractivity contribution is 5.94. The maximum Gasteiger partial charge on any atom is 0.270 e. The van der Waals surface area contributed by atoms with Crippen molar-refractivity contribution >= 4 is 11.6 Å². The first kappa shape index (κ1) is 18.9. The molecule has 1 amide bonds. The second kappa shape index (κ2) is 7.55. The molecule has 2 atom stereocenters. The largest absolute Gasteiger partial charge is 0.372 e. The highest BCUT2D eigenvalue weighted by atomic mass is 16.5. The maximum atomic E-state index is 12.9. The van der Waals surface area contributed by atoms with E-state index in [1.165, 1.54) is 11.1 Å². The van der Waals surface area contributed by atoms with Crippen molar-refractivity contribution in [2.24, 2.45) is 0 Å². The number of nitrogens with zero attached hydrogens (tertiary/aromatic N) is 2. The fourth-order valence-electron chi connectivity index (χ4n) is 4.14. The Kier molecular flexibility index (Phi) is 5.11. The number of anilines is 1. The first-order valence-electron chi connectivity index (χ1n) is 10.2. The molecule has 1 saturated carbocycles. The van der Waals surface area contributed by atoms with Crippen LogP contribution in [0.4, 0.5) is 5.69 Å². The van der Waals surface area contributed by atoms with Crippen LogP contribution in [0.3, 0.4) is 0 Å². The van der Waals surface area contributed by atoms with Gasteiger partial charge in [0.15, 0.2) is 0 Å². The number of rotatable bonds is 5. The molecule has 28 heavy (non-hydrogen) atoms. The van der Waals surface area contributed by atoms with E-state index < -0.39 is 0 Å². The van der Waals surface area contributed by atoms with Gasteiger partial charge < -0.3 is 15.0 Å². The van der Waals surface area contributed by atoms with E-state index in [0.29, 0.717) is 5.69 Å². The highest BCUT2D eigenvalue weighted by Gasteiger charge is 2.44. The Morgan fingerprint density at radius 2 is 1.96 bits per heavy atom. The number of benzene rings is 1. The lowest BCUT2D eigenvalue weighted by atomic mass is 10.0. The fraction of sp³-hybridized carbons (Fsp3) is 0.478. The number of carbonyl (C=O) groups is 1. The summed E-state index contributed by atoms with van der Waals surface area (Å²) in [6, 6.07) is 12.4. The van der Waals surface area contributed by atoms with E-state index in [9.17, 15) is 4.79 Å². The third kappa shape index (κ3) is 4.36. The summed E-state index contributed by atoms with van der Waals surface area (Å²) in [5.41, 5.74) is 3.93. The van der Waals surface area contributed by atoms with Crippen LogP contribution in [0.15, 0.2) is 42.6 Å². The van der Waals surface area contributed by atoms with Crippen LogP contribution in [0.1, 0.15) is 48.3 Å². The van der Waals surface area contributed by atoms with Crippen LogP contribution < -0.4 is 10.2 Å². The van der Waals surface area contributed by atoms with Gasteiger partial charge in [0.1, 0.15) is 5.69 Å². The minimum Gasteiger partial charge on any atom is -0.372 e. The van der Waals surface area contributed by atoms with E-state index in [1.807, 2.05) is 12.1 Å². The molecule has 1 aromatic heterocycles. The molecular formula is C23H29N3O2. The molecule has 2 aromatic rings. The van der Waals surface area contributed by atoms with Crippen molar-refractivity contribution in [3.63, 3.8) is 0 Å². The van der Waals surface area contributed by atoms with Crippen molar-refractivity contribution < 1.29 is 9.53 Å². The van der Waals surface area contributed by atoms with E-state index in [4.69, 9.17) is 4.74 Å². The zero-order valence-electron chi connectivity index (χ0n) is 16.9. The lowest BCUT2D eigenvalue weighted by Crippen LogP contribution is -2.45. The minimum absolute atomic E-state index is 0.0821. The van der Waals surface area contributed by atoms with E-state index in [0.717, 1.165) is 38.0 Å². The molecule has 1 aliphatic carbocycles. The van der Waals surface area contributed by atoms with Crippen molar-refractivity contribution in [3.8, 4) is 0 Å². The molecule has 4 rings (SSSR count). The predicted molar refractivity (Wildman–Crippen MR) is 111 cm³/mol. The number of aromatic nitrogens is 1. The van der Waals surface area contributed by atoms with Crippen molar-refractivity contribution in [2.75, 3.05) is 18.0 Å². The highest BCUT2D eigenvalue weighted by Crippen LogP contribution is 2.39. The molecule has 1 N–H and O–H groups in total. The normalized spacial score (nSPS) is 23.3. The molecule has 148 valence electrons. The maximum absolute atomic E-state index is 12.9. The predicted octanol–water partition coefficient (Wildman–Crippen LogP) is 3.51. The van der Waals surface area contributed by atoms with E-state index in [1.54, 1.807) is 6.20 Å². The molecule has 0 spiro atoms. The van der Waals surface area contributed by atoms with Crippen LogP contribution in [0, 0.1) is 6.92 Å². The van der Waals surface area contributed by atoms with Crippen molar-refractivity contribution in [3.05, 3.63) is 59.4 Å². The Balaban J connectivity index is 1.45. The van der Waals surface area contributed by atoms with Crippen LogP contribution >= 0.6 is 0 Å². The van der Waals surface area contributed by atoms with Gasteiger partial charge in [-0.2, -0.15) is 0 Å². The Hall–Kier alpha value is -2.40. The number of hydrogen-bond donors (Lipinski definition) is 1. The van der Waals surface area contributed by atoms with E-state index >= 15 is 0 Å². The van der Waals surface area contributed by atoms with Gasteiger partial charge in [-0.15, -0.1) is 0 Å². The molecule has 5 heteroatoms.